The molecular formula is C14H17ClN2O. The normalized spacial score (nSPS) is 10.9. The van der Waals surface area contributed by atoms with Crippen molar-refractivity contribution in [1.29, 1.82) is 0 Å². The van der Waals surface area contributed by atoms with Crippen LogP contribution in [0.1, 0.15) is 30.8 Å². The van der Waals surface area contributed by atoms with Crippen LogP contribution in [0.3, 0.4) is 0 Å². The van der Waals surface area contributed by atoms with Crippen molar-refractivity contribution in [1.82, 2.24) is 9.78 Å². The first-order chi connectivity index (χ1) is 8.69. The van der Waals surface area contributed by atoms with E-state index < -0.39 is 0 Å². The quantitative estimate of drug-likeness (QED) is 0.921. The molecule has 0 aliphatic heterocycles. The second kappa shape index (κ2) is 5.55. The van der Waals surface area contributed by atoms with E-state index in [-0.39, 0.29) is 6.61 Å². The van der Waals surface area contributed by atoms with Crippen molar-refractivity contribution in [3.05, 3.63) is 46.2 Å². The van der Waals surface area contributed by atoms with Crippen LogP contribution in [0.4, 0.5) is 0 Å². The average molecular weight is 265 g/mol. The largest absolute Gasteiger partial charge is 0.392 e. The lowest BCUT2D eigenvalue weighted by molar-refractivity contribution is 0.281. The van der Waals surface area contributed by atoms with Crippen molar-refractivity contribution in [2.45, 2.75) is 33.3 Å². The van der Waals surface area contributed by atoms with Crippen molar-refractivity contribution in [3.8, 4) is 5.69 Å². The van der Waals surface area contributed by atoms with Crippen LogP contribution in [0.25, 0.3) is 5.69 Å². The molecule has 0 radical (unpaired) electrons. The van der Waals surface area contributed by atoms with Gasteiger partial charge in [-0.05, 0) is 37.1 Å². The Labute approximate surface area is 112 Å². The van der Waals surface area contributed by atoms with Gasteiger partial charge in [0.1, 0.15) is 0 Å². The van der Waals surface area contributed by atoms with Crippen LogP contribution in [-0.2, 0) is 19.4 Å². The minimum absolute atomic E-state index is 0.0413. The Morgan fingerprint density at radius 2 is 2.00 bits per heavy atom. The van der Waals surface area contributed by atoms with Crippen molar-refractivity contribution in [3.63, 3.8) is 0 Å². The molecule has 1 heterocycles. The lowest BCUT2D eigenvalue weighted by atomic mass is 10.2. The summed E-state index contributed by atoms with van der Waals surface area (Å²) in [6.07, 6.45) is 1.81. The van der Waals surface area contributed by atoms with E-state index in [0.717, 1.165) is 35.5 Å². The summed E-state index contributed by atoms with van der Waals surface area (Å²) in [5.74, 6) is 0. The number of halogens is 1. The fourth-order valence-corrected chi connectivity index (χ4v) is 2.19. The number of nitrogens with zero attached hydrogens (tertiary/aromatic N) is 2. The number of rotatable bonds is 4. The third kappa shape index (κ3) is 2.42. The van der Waals surface area contributed by atoms with Crippen molar-refractivity contribution < 1.29 is 5.11 Å². The highest BCUT2D eigenvalue weighted by atomic mass is 35.5. The highest BCUT2D eigenvalue weighted by Gasteiger charge is 2.11. The fraction of sp³-hybridized carbons (Fsp3) is 0.357. The van der Waals surface area contributed by atoms with Gasteiger partial charge in [-0.2, -0.15) is 5.10 Å². The molecule has 0 unspecified atom stereocenters. The number of aliphatic hydroxyl groups excluding tert-OH is 1. The molecule has 0 fully saturated rings. The SMILES string of the molecule is CCc1cc(CC)n(-c2ccc(Cl)cc2CO)n1. The van der Waals surface area contributed by atoms with Crippen LogP contribution in [0, 0.1) is 0 Å². The minimum Gasteiger partial charge on any atom is -0.392 e. The van der Waals surface area contributed by atoms with Gasteiger partial charge in [-0.25, -0.2) is 4.68 Å². The van der Waals surface area contributed by atoms with Crippen LogP contribution < -0.4 is 0 Å². The number of hydrogen-bond acceptors (Lipinski definition) is 2. The number of aromatic nitrogens is 2. The molecule has 0 saturated heterocycles. The van der Waals surface area contributed by atoms with Gasteiger partial charge in [-0.1, -0.05) is 25.4 Å². The lowest BCUT2D eigenvalue weighted by Gasteiger charge is -2.10. The third-order valence-corrected chi connectivity index (χ3v) is 3.23. The summed E-state index contributed by atoms with van der Waals surface area (Å²) in [5.41, 5.74) is 3.90. The van der Waals surface area contributed by atoms with Crippen LogP contribution in [-0.4, -0.2) is 14.9 Å². The first-order valence-electron chi connectivity index (χ1n) is 6.17. The second-order valence-electron chi connectivity index (χ2n) is 4.18. The van der Waals surface area contributed by atoms with E-state index in [2.05, 4.69) is 25.0 Å². The van der Waals surface area contributed by atoms with Crippen molar-refractivity contribution in [2.75, 3.05) is 0 Å². The fourth-order valence-electron chi connectivity index (χ4n) is 2.00. The zero-order valence-corrected chi connectivity index (χ0v) is 11.4. The van der Waals surface area contributed by atoms with Gasteiger partial charge in [0, 0.05) is 16.3 Å². The minimum atomic E-state index is -0.0413. The van der Waals surface area contributed by atoms with Gasteiger partial charge in [0.15, 0.2) is 0 Å². The van der Waals surface area contributed by atoms with Gasteiger partial charge in [-0.3, -0.25) is 0 Å². The molecule has 1 N–H and O–H groups in total. The summed E-state index contributed by atoms with van der Waals surface area (Å²) >= 11 is 5.95. The Kier molecular flexibility index (Phi) is 4.04. The Morgan fingerprint density at radius 3 is 2.61 bits per heavy atom. The molecule has 0 saturated carbocycles. The van der Waals surface area contributed by atoms with Crippen molar-refractivity contribution >= 4 is 11.6 Å². The molecule has 0 atom stereocenters. The van der Waals surface area contributed by atoms with E-state index in [0.29, 0.717) is 5.02 Å². The highest BCUT2D eigenvalue weighted by Crippen LogP contribution is 2.22. The van der Waals surface area contributed by atoms with Gasteiger partial charge in [0.2, 0.25) is 0 Å². The molecule has 3 nitrogen and oxygen atoms in total. The molecule has 2 rings (SSSR count). The molecule has 96 valence electrons. The Hall–Kier alpha value is -1.32. The maximum absolute atomic E-state index is 9.43. The van der Waals surface area contributed by atoms with E-state index in [4.69, 9.17) is 11.6 Å². The van der Waals surface area contributed by atoms with E-state index in [9.17, 15) is 5.11 Å². The van der Waals surface area contributed by atoms with Crippen molar-refractivity contribution in [2.24, 2.45) is 0 Å². The molecular weight excluding hydrogens is 248 g/mol. The average Bonchev–Trinajstić information content (AvgIpc) is 2.81. The molecule has 0 bridgehead atoms. The van der Waals surface area contributed by atoms with Crippen LogP contribution in [0.15, 0.2) is 24.3 Å². The van der Waals surface area contributed by atoms with Crippen LogP contribution >= 0.6 is 11.6 Å². The predicted molar refractivity (Wildman–Crippen MR) is 73.3 cm³/mol. The van der Waals surface area contributed by atoms with Crippen LogP contribution in [0.5, 0.6) is 0 Å². The molecule has 0 aliphatic rings. The summed E-state index contributed by atoms with van der Waals surface area (Å²) in [4.78, 5) is 0. The predicted octanol–water partition coefficient (Wildman–Crippen LogP) is 3.14. The highest BCUT2D eigenvalue weighted by molar-refractivity contribution is 6.30. The summed E-state index contributed by atoms with van der Waals surface area (Å²) in [6, 6.07) is 7.61. The topological polar surface area (TPSA) is 38.0 Å². The maximum Gasteiger partial charge on any atom is 0.0705 e. The van der Waals surface area contributed by atoms with Gasteiger partial charge < -0.3 is 5.11 Å². The Morgan fingerprint density at radius 1 is 1.22 bits per heavy atom. The monoisotopic (exact) mass is 264 g/mol. The molecule has 18 heavy (non-hydrogen) atoms. The molecule has 0 spiro atoms. The number of hydrogen-bond donors (Lipinski definition) is 1. The van der Waals surface area contributed by atoms with Gasteiger partial charge in [0.05, 0.1) is 18.0 Å². The first-order valence-corrected chi connectivity index (χ1v) is 6.54. The van der Waals surface area contributed by atoms with E-state index >= 15 is 0 Å². The summed E-state index contributed by atoms with van der Waals surface area (Å²) in [6.45, 7) is 4.14. The molecule has 0 aliphatic carbocycles. The molecule has 4 heteroatoms. The summed E-state index contributed by atoms with van der Waals surface area (Å²) < 4.78 is 1.90. The Bertz CT molecular complexity index is 549. The van der Waals surface area contributed by atoms with Gasteiger partial charge >= 0.3 is 0 Å². The molecule has 2 aromatic rings. The Balaban J connectivity index is 2.56. The zero-order valence-electron chi connectivity index (χ0n) is 10.7. The number of aryl methyl sites for hydroxylation is 2. The van der Waals surface area contributed by atoms with Gasteiger partial charge in [0.25, 0.3) is 0 Å². The molecule has 1 aromatic heterocycles. The standard InChI is InChI=1S/C14H17ClN2O/c1-3-12-8-13(4-2)17(16-12)14-6-5-11(15)7-10(14)9-18/h5-8,18H,3-4,9H2,1-2H3. The van der Waals surface area contributed by atoms with E-state index in [1.807, 2.05) is 16.8 Å². The molecule has 1 aromatic carbocycles. The lowest BCUT2D eigenvalue weighted by Crippen LogP contribution is -2.05. The molecule has 0 amide bonds. The zero-order chi connectivity index (χ0) is 13.1. The second-order valence-corrected chi connectivity index (χ2v) is 4.61. The number of benzene rings is 1. The summed E-state index contributed by atoms with van der Waals surface area (Å²) in [5, 5.41) is 14.6. The van der Waals surface area contributed by atoms with Crippen LogP contribution in [0.2, 0.25) is 5.02 Å². The van der Waals surface area contributed by atoms with E-state index in [1.54, 1.807) is 6.07 Å². The first kappa shape index (κ1) is 13.1. The third-order valence-electron chi connectivity index (χ3n) is 3.00. The maximum atomic E-state index is 9.43. The van der Waals surface area contributed by atoms with Gasteiger partial charge in [-0.15, -0.1) is 0 Å². The van der Waals surface area contributed by atoms with E-state index in [1.165, 1.54) is 0 Å². The smallest absolute Gasteiger partial charge is 0.0705 e. The number of aliphatic hydroxyl groups is 1. The summed E-state index contributed by atoms with van der Waals surface area (Å²) in [7, 11) is 0.